The Morgan fingerprint density at radius 2 is 1.81 bits per heavy atom. The van der Waals surface area contributed by atoms with E-state index in [-0.39, 0.29) is 13.0 Å². The van der Waals surface area contributed by atoms with Gasteiger partial charge in [0.1, 0.15) is 5.75 Å². The summed E-state index contributed by atoms with van der Waals surface area (Å²) in [4.78, 5) is 22.0. The third kappa shape index (κ3) is 4.59. The van der Waals surface area contributed by atoms with Crippen molar-refractivity contribution in [3.8, 4) is 5.75 Å². The first kappa shape index (κ1) is 12.2. The molecule has 0 aromatic heterocycles. The lowest BCUT2D eigenvalue weighted by atomic mass is 10.3. The smallest absolute Gasteiger partial charge is 0.351 e. The van der Waals surface area contributed by atoms with Crippen molar-refractivity contribution >= 4 is 11.9 Å². The summed E-state index contributed by atoms with van der Waals surface area (Å²) in [6.45, 7) is 3.21. The normalized spacial score (nSPS) is 9.56. The number of benzene rings is 1. The van der Waals surface area contributed by atoms with Gasteiger partial charge in [0.05, 0.1) is 0 Å². The van der Waals surface area contributed by atoms with Gasteiger partial charge in [-0.15, -0.1) is 0 Å². The Hall–Kier alpha value is -1.84. The zero-order valence-corrected chi connectivity index (χ0v) is 8.85. The molecule has 0 aliphatic heterocycles. The lowest BCUT2D eigenvalue weighted by Gasteiger charge is -2.04. The van der Waals surface area contributed by atoms with Gasteiger partial charge in [-0.3, -0.25) is 4.79 Å². The number of carbonyl (C=O) groups excluding carboxylic acids is 2. The molecule has 4 heteroatoms. The molecule has 0 heterocycles. The molecule has 0 aliphatic rings. The lowest BCUT2D eigenvalue weighted by molar-refractivity contribution is -0.161. The van der Waals surface area contributed by atoms with Crippen LogP contribution in [0.25, 0.3) is 0 Å². The lowest BCUT2D eigenvalue weighted by Crippen LogP contribution is -2.18. The highest BCUT2D eigenvalue weighted by atomic mass is 16.6. The predicted octanol–water partition coefficient (Wildman–Crippen LogP) is 1.75. The largest absolute Gasteiger partial charge is 0.482 e. The van der Waals surface area contributed by atoms with E-state index in [9.17, 15) is 9.59 Å². The summed E-state index contributed by atoms with van der Waals surface area (Å²) in [5.41, 5.74) is 0. The van der Waals surface area contributed by atoms with Gasteiger partial charge < -0.3 is 9.47 Å². The number of hydrogen-bond acceptors (Lipinski definition) is 4. The maximum Gasteiger partial charge on any atom is 0.351 e. The third-order valence-electron chi connectivity index (χ3n) is 1.71. The molecule has 0 amide bonds. The number of rotatable bonds is 5. The van der Waals surface area contributed by atoms with Crippen LogP contribution in [-0.2, 0) is 14.3 Å². The summed E-state index contributed by atoms with van der Waals surface area (Å²) >= 11 is 0. The molecule has 1 aromatic rings. The molecule has 0 spiro atoms. The van der Waals surface area contributed by atoms with E-state index in [2.05, 4.69) is 11.7 Å². The summed E-state index contributed by atoms with van der Waals surface area (Å²) in [6, 6.07) is 8.84. The molecule has 0 saturated carbocycles. The van der Waals surface area contributed by atoms with Gasteiger partial charge in [0.15, 0.2) is 6.61 Å². The summed E-state index contributed by atoms with van der Waals surface area (Å²) in [5.74, 6) is -0.706. The van der Waals surface area contributed by atoms with Crippen LogP contribution in [0.1, 0.15) is 12.8 Å². The van der Waals surface area contributed by atoms with Crippen LogP contribution in [0.3, 0.4) is 0 Å². The summed E-state index contributed by atoms with van der Waals surface area (Å²) in [5, 5.41) is 0. The summed E-state index contributed by atoms with van der Waals surface area (Å²) in [6.07, 6.45) is 0.544. The van der Waals surface area contributed by atoms with Crippen LogP contribution < -0.4 is 4.74 Å². The van der Waals surface area contributed by atoms with Gasteiger partial charge in [-0.1, -0.05) is 25.1 Å². The monoisotopic (exact) mass is 221 g/mol. The molecule has 0 saturated heterocycles. The fraction of sp³-hybridized carbons (Fsp3) is 0.250. The van der Waals surface area contributed by atoms with Crippen LogP contribution >= 0.6 is 0 Å². The van der Waals surface area contributed by atoms with Crippen molar-refractivity contribution in [3.05, 3.63) is 37.3 Å². The average Bonchev–Trinajstić information content (AvgIpc) is 2.28. The number of esters is 2. The van der Waals surface area contributed by atoms with Gasteiger partial charge in [-0.25, -0.2) is 4.79 Å². The highest BCUT2D eigenvalue weighted by Crippen LogP contribution is 2.07. The molecule has 0 bridgehead atoms. The molecule has 1 rings (SSSR count). The Morgan fingerprint density at radius 1 is 1.12 bits per heavy atom. The highest BCUT2D eigenvalue weighted by Gasteiger charge is 2.09. The summed E-state index contributed by atoms with van der Waals surface area (Å²) in [7, 11) is 0. The van der Waals surface area contributed by atoms with Crippen molar-refractivity contribution in [1.82, 2.24) is 0 Å². The van der Waals surface area contributed by atoms with Crippen LogP contribution in [0.5, 0.6) is 5.75 Å². The number of carbonyl (C=O) groups is 2. The maximum atomic E-state index is 11.1. The zero-order chi connectivity index (χ0) is 11.8. The van der Waals surface area contributed by atoms with E-state index in [1.54, 1.807) is 24.3 Å². The summed E-state index contributed by atoms with van der Waals surface area (Å²) < 4.78 is 9.57. The highest BCUT2D eigenvalue weighted by molar-refractivity contribution is 5.86. The number of para-hydroxylation sites is 1. The molecule has 0 fully saturated rings. The molecule has 85 valence electrons. The van der Waals surface area contributed by atoms with Gasteiger partial charge in [-0.2, -0.15) is 0 Å². The van der Waals surface area contributed by atoms with Gasteiger partial charge in [0.2, 0.25) is 0 Å². The van der Waals surface area contributed by atoms with Crippen molar-refractivity contribution in [2.45, 2.75) is 12.8 Å². The predicted molar refractivity (Wildman–Crippen MR) is 57.6 cm³/mol. The molecule has 1 aromatic carbocycles. The minimum absolute atomic E-state index is 0.136. The quantitative estimate of drug-likeness (QED) is 0.561. The zero-order valence-electron chi connectivity index (χ0n) is 8.85. The van der Waals surface area contributed by atoms with Gasteiger partial charge in [0.25, 0.3) is 0 Å². The van der Waals surface area contributed by atoms with Gasteiger partial charge >= 0.3 is 11.9 Å². The van der Waals surface area contributed by atoms with Crippen LogP contribution in [0.2, 0.25) is 0 Å². The van der Waals surface area contributed by atoms with Crippen molar-refractivity contribution in [2.24, 2.45) is 0 Å². The van der Waals surface area contributed by atoms with E-state index in [4.69, 9.17) is 4.74 Å². The van der Waals surface area contributed by atoms with Crippen LogP contribution in [-0.4, -0.2) is 18.5 Å². The first-order valence-corrected chi connectivity index (χ1v) is 4.93. The Morgan fingerprint density at radius 3 is 2.44 bits per heavy atom. The first-order valence-electron chi connectivity index (χ1n) is 4.93. The van der Waals surface area contributed by atoms with Crippen LogP contribution in [0, 0.1) is 6.92 Å². The van der Waals surface area contributed by atoms with E-state index in [0.29, 0.717) is 12.2 Å². The second-order valence-electron chi connectivity index (χ2n) is 3.05. The Kier molecular flexibility index (Phi) is 5.05. The molecule has 4 nitrogen and oxygen atoms in total. The topological polar surface area (TPSA) is 52.6 Å². The minimum atomic E-state index is -0.692. The Bertz CT molecular complexity index is 345. The molecule has 0 atom stereocenters. The van der Waals surface area contributed by atoms with Gasteiger partial charge in [0, 0.05) is 6.42 Å². The SMILES string of the molecule is [CH2]CCC(=O)OC(=O)COc1ccccc1. The molecule has 1 radical (unpaired) electrons. The van der Waals surface area contributed by atoms with Crippen molar-refractivity contribution in [1.29, 1.82) is 0 Å². The van der Waals surface area contributed by atoms with E-state index in [1.807, 2.05) is 6.07 Å². The van der Waals surface area contributed by atoms with Crippen LogP contribution in [0.15, 0.2) is 30.3 Å². The molecule has 0 unspecified atom stereocenters. The van der Waals surface area contributed by atoms with E-state index in [0.717, 1.165) is 0 Å². The third-order valence-corrected chi connectivity index (χ3v) is 1.71. The van der Waals surface area contributed by atoms with E-state index >= 15 is 0 Å². The first-order chi connectivity index (χ1) is 7.72. The maximum absolute atomic E-state index is 11.1. The van der Waals surface area contributed by atoms with E-state index in [1.165, 1.54) is 0 Å². The van der Waals surface area contributed by atoms with Crippen molar-refractivity contribution in [2.75, 3.05) is 6.61 Å². The average molecular weight is 221 g/mol. The van der Waals surface area contributed by atoms with Crippen LogP contribution in [0.4, 0.5) is 0 Å². The van der Waals surface area contributed by atoms with Crippen molar-refractivity contribution < 1.29 is 19.1 Å². The molecule has 0 aliphatic carbocycles. The molecular formula is C12H13O4. The number of ether oxygens (including phenoxy) is 2. The minimum Gasteiger partial charge on any atom is -0.482 e. The Labute approximate surface area is 94.2 Å². The van der Waals surface area contributed by atoms with Crippen molar-refractivity contribution in [3.63, 3.8) is 0 Å². The molecular weight excluding hydrogens is 208 g/mol. The second-order valence-corrected chi connectivity index (χ2v) is 3.05. The molecule has 0 N–H and O–H groups in total. The fourth-order valence-electron chi connectivity index (χ4n) is 1.01. The second kappa shape index (κ2) is 6.61. The van der Waals surface area contributed by atoms with E-state index < -0.39 is 11.9 Å². The fourth-order valence-corrected chi connectivity index (χ4v) is 1.01. The number of hydrogen-bond donors (Lipinski definition) is 0. The Balaban J connectivity index is 2.28. The standard InChI is InChI=1S/C12H13O4/c1-2-6-11(13)16-12(14)9-15-10-7-4-3-5-8-10/h3-5,7-8H,1-2,6,9H2. The molecule has 16 heavy (non-hydrogen) atoms. The van der Waals surface area contributed by atoms with Gasteiger partial charge in [-0.05, 0) is 18.6 Å².